The van der Waals surface area contributed by atoms with Crippen LogP contribution in [0.2, 0.25) is 0 Å². The van der Waals surface area contributed by atoms with Crippen molar-refractivity contribution < 1.29 is 14.4 Å². The highest BCUT2D eigenvalue weighted by molar-refractivity contribution is 6.08. The van der Waals surface area contributed by atoms with Gasteiger partial charge in [-0.1, -0.05) is 0 Å². The summed E-state index contributed by atoms with van der Waals surface area (Å²) in [5.41, 5.74) is 0.773. The van der Waals surface area contributed by atoms with Gasteiger partial charge in [-0.05, 0) is 33.6 Å². The lowest BCUT2D eigenvalue weighted by Crippen LogP contribution is -2.47. The second-order valence-corrected chi connectivity index (χ2v) is 7.21. The second-order valence-electron chi connectivity index (χ2n) is 7.21. The first-order valence-corrected chi connectivity index (χ1v) is 8.48. The van der Waals surface area contributed by atoms with Gasteiger partial charge in [0.05, 0.1) is 11.4 Å². The lowest BCUT2D eigenvalue weighted by Gasteiger charge is -2.33. The van der Waals surface area contributed by atoms with Gasteiger partial charge in [0.2, 0.25) is 5.91 Å². The molecule has 25 heavy (non-hydrogen) atoms. The number of piperidine rings is 1. The first kappa shape index (κ1) is 17.3. The molecule has 1 N–H and O–H groups in total. The summed E-state index contributed by atoms with van der Waals surface area (Å²) in [4.78, 5) is 48.2. The van der Waals surface area contributed by atoms with Gasteiger partial charge in [0.25, 0.3) is 5.91 Å². The van der Waals surface area contributed by atoms with Crippen molar-refractivity contribution in [3.63, 3.8) is 0 Å². The highest BCUT2D eigenvalue weighted by Crippen LogP contribution is 2.26. The zero-order valence-corrected chi connectivity index (χ0v) is 14.8. The molecule has 1 aromatic rings. The molecule has 0 saturated carbocycles. The van der Waals surface area contributed by atoms with E-state index in [0.717, 1.165) is 29.1 Å². The fraction of sp³-hybridized carbons (Fsp3) is 0.588. The number of amides is 4. The van der Waals surface area contributed by atoms with Crippen LogP contribution in [-0.2, 0) is 9.59 Å². The quantitative estimate of drug-likeness (QED) is 0.819. The Bertz CT molecular complexity index is 718. The Labute approximate surface area is 146 Å². The van der Waals surface area contributed by atoms with Crippen LogP contribution in [0.5, 0.6) is 0 Å². The van der Waals surface area contributed by atoms with Crippen LogP contribution in [0, 0.1) is 6.92 Å². The van der Waals surface area contributed by atoms with Crippen LogP contribution in [0.1, 0.15) is 44.0 Å². The Kier molecular flexibility index (Phi) is 4.45. The number of urea groups is 1. The highest BCUT2D eigenvalue weighted by Gasteiger charge is 2.45. The Balaban J connectivity index is 1.66. The van der Waals surface area contributed by atoms with Gasteiger partial charge >= 0.3 is 6.03 Å². The third-order valence-electron chi connectivity index (χ3n) is 4.70. The van der Waals surface area contributed by atoms with Crippen LogP contribution in [0.4, 0.5) is 4.79 Å². The summed E-state index contributed by atoms with van der Waals surface area (Å²) in [6.07, 6.45) is 5.25. The maximum Gasteiger partial charge on any atom is 0.325 e. The standard InChI is InChI=1S/C17H23N5O3/c1-11-7-18-8-13(19-11)12-5-4-6-21(9-12)14(23)10-22-15(24)17(2,3)20-16(22)25/h7-8,12H,4-6,9-10H2,1-3H3,(H,20,25)/t12-/m0/s1. The van der Waals surface area contributed by atoms with Crippen LogP contribution in [0.3, 0.4) is 0 Å². The minimum Gasteiger partial charge on any atom is -0.340 e. The minimum atomic E-state index is -0.959. The van der Waals surface area contributed by atoms with E-state index in [1.807, 2.05) is 6.92 Å². The van der Waals surface area contributed by atoms with Gasteiger partial charge in [0.15, 0.2) is 0 Å². The average molecular weight is 345 g/mol. The van der Waals surface area contributed by atoms with Crippen molar-refractivity contribution in [3.8, 4) is 0 Å². The average Bonchev–Trinajstić information content (AvgIpc) is 2.76. The number of carbonyl (C=O) groups is 3. The van der Waals surface area contributed by atoms with Crippen LogP contribution in [-0.4, -0.2) is 62.8 Å². The lowest BCUT2D eigenvalue weighted by molar-refractivity contribution is -0.139. The zero-order chi connectivity index (χ0) is 18.2. The molecule has 0 radical (unpaired) electrons. The van der Waals surface area contributed by atoms with Gasteiger partial charge in [-0.2, -0.15) is 0 Å². The van der Waals surface area contributed by atoms with Crippen molar-refractivity contribution in [2.24, 2.45) is 0 Å². The van der Waals surface area contributed by atoms with Crippen LogP contribution in [0.15, 0.2) is 12.4 Å². The van der Waals surface area contributed by atoms with E-state index < -0.39 is 11.6 Å². The maximum absolute atomic E-state index is 12.6. The minimum absolute atomic E-state index is 0.129. The summed E-state index contributed by atoms with van der Waals surface area (Å²) in [7, 11) is 0. The predicted octanol–water partition coefficient (Wildman–Crippen LogP) is 0.821. The first-order valence-electron chi connectivity index (χ1n) is 8.48. The molecule has 3 heterocycles. The number of aryl methyl sites for hydroxylation is 1. The molecule has 1 aromatic heterocycles. The number of carbonyl (C=O) groups excluding carboxylic acids is 3. The molecule has 4 amide bonds. The summed E-state index contributed by atoms with van der Waals surface area (Å²) < 4.78 is 0. The summed E-state index contributed by atoms with van der Waals surface area (Å²) in [6, 6.07) is -0.513. The Morgan fingerprint density at radius 3 is 2.76 bits per heavy atom. The van der Waals surface area contributed by atoms with Crippen molar-refractivity contribution in [2.75, 3.05) is 19.6 Å². The fourth-order valence-electron chi connectivity index (χ4n) is 3.32. The summed E-state index contributed by atoms with van der Waals surface area (Å²) in [6.45, 7) is 6.09. The molecule has 1 atom stereocenters. The van der Waals surface area contributed by atoms with E-state index in [4.69, 9.17) is 0 Å². The van der Waals surface area contributed by atoms with E-state index >= 15 is 0 Å². The van der Waals surface area contributed by atoms with E-state index in [9.17, 15) is 14.4 Å². The SMILES string of the molecule is Cc1cncc([C@H]2CCCN(C(=O)CN3C(=O)NC(C)(C)C3=O)C2)n1. The van der Waals surface area contributed by atoms with E-state index in [0.29, 0.717) is 13.1 Å². The van der Waals surface area contributed by atoms with Crippen molar-refractivity contribution >= 4 is 17.8 Å². The predicted molar refractivity (Wildman–Crippen MR) is 89.6 cm³/mol. The van der Waals surface area contributed by atoms with Crippen molar-refractivity contribution in [1.82, 2.24) is 25.1 Å². The first-order chi connectivity index (χ1) is 11.8. The van der Waals surface area contributed by atoms with E-state index in [-0.39, 0.29) is 24.3 Å². The maximum atomic E-state index is 12.6. The third-order valence-corrected chi connectivity index (χ3v) is 4.70. The molecule has 0 spiro atoms. The summed E-state index contributed by atoms with van der Waals surface area (Å²) in [5, 5.41) is 2.59. The van der Waals surface area contributed by atoms with E-state index in [1.165, 1.54) is 0 Å². The second kappa shape index (κ2) is 6.42. The zero-order valence-electron chi connectivity index (χ0n) is 14.8. The van der Waals surface area contributed by atoms with Gasteiger partial charge in [-0.25, -0.2) is 4.79 Å². The largest absolute Gasteiger partial charge is 0.340 e. The van der Waals surface area contributed by atoms with Gasteiger partial charge < -0.3 is 10.2 Å². The number of imide groups is 1. The van der Waals surface area contributed by atoms with Gasteiger partial charge in [-0.3, -0.25) is 24.5 Å². The number of nitrogens with zero attached hydrogens (tertiary/aromatic N) is 4. The Morgan fingerprint density at radius 2 is 2.12 bits per heavy atom. The van der Waals surface area contributed by atoms with Crippen LogP contribution in [0.25, 0.3) is 0 Å². The monoisotopic (exact) mass is 345 g/mol. The molecule has 0 unspecified atom stereocenters. The van der Waals surface area contributed by atoms with Crippen molar-refractivity contribution in [3.05, 3.63) is 23.8 Å². The molecule has 0 aromatic carbocycles. The molecule has 0 bridgehead atoms. The van der Waals surface area contributed by atoms with Crippen molar-refractivity contribution in [2.45, 2.75) is 45.1 Å². The molecular formula is C17H23N5O3. The molecule has 2 aliphatic rings. The fourth-order valence-corrected chi connectivity index (χ4v) is 3.32. The smallest absolute Gasteiger partial charge is 0.325 e. The van der Waals surface area contributed by atoms with E-state index in [2.05, 4.69) is 15.3 Å². The summed E-state index contributed by atoms with van der Waals surface area (Å²) in [5.74, 6) is -0.458. The highest BCUT2D eigenvalue weighted by atomic mass is 16.2. The Morgan fingerprint density at radius 1 is 1.36 bits per heavy atom. The molecule has 2 fully saturated rings. The third kappa shape index (κ3) is 3.47. The Hall–Kier alpha value is -2.51. The number of hydrogen-bond acceptors (Lipinski definition) is 5. The topological polar surface area (TPSA) is 95.5 Å². The number of aromatic nitrogens is 2. The molecule has 3 rings (SSSR count). The molecule has 8 heteroatoms. The number of likely N-dealkylation sites (tertiary alicyclic amines) is 1. The summed E-state index contributed by atoms with van der Waals surface area (Å²) >= 11 is 0. The van der Waals surface area contributed by atoms with Gasteiger partial charge in [-0.15, -0.1) is 0 Å². The number of nitrogens with one attached hydrogen (secondary N) is 1. The molecule has 0 aliphatic carbocycles. The van der Waals surface area contributed by atoms with Crippen LogP contribution < -0.4 is 5.32 Å². The molecule has 2 aliphatic heterocycles. The normalized spacial score (nSPS) is 22.9. The molecule has 2 saturated heterocycles. The molecule has 8 nitrogen and oxygen atoms in total. The number of hydrogen-bond donors (Lipinski definition) is 1. The van der Waals surface area contributed by atoms with Gasteiger partial charge in [0, 0.05) is 31.4 Å². The van der Waals surface area contributed by atoms with E-state index in [1.54, 1.807) is 31.1 Å². The van der Waals surface area contributed by atoms with Crippen molar-refractivity contribution in [1.29, 1.82) is 0 Å². The number of rotatable bonds is 3. The van der Waals surface area contributed by atoms with Gasteiger partial charge in [0.1, 0.15) is 12.1 Å². The molecule has 134 valence electrons. The lowest BCUT2D eigenvalue weighted by atomic mass is 9.95. The van der Waals surface area contributed by atoms with Crippen LogP contribution >= 0.6 is 0 Å². The molecular weight excluding hydrogens is 322 g/mol.